The Hall–Kier alpha value is -2.27. The van der Waals surface area contributed by atoms with Gasteiger partial charge in [0.15, 0.2) is 0 Å². The minimum atomic E-state index is -0.537. The predicted molar refractivity (Wildman–Crippen MR) is 118 cm³/mol. The molecule has 2 aromatic heterocycles. The average molecular weight is 442 g/mol. The van der Waals surface area contributed by atoms with Crippen molar-refractivity contribution in [2.75, 3.05) is 32.9 Å². The van der Waals surface area contributed by atoms with Crippen molar-refractivity contribution < 1.29 is 9.47 Å². The minimum Gasteiger partial charge on any atom is -0.475 e. The van der Waals surface area contributed by atoms with E-state index < -0.39 is 5.41 Å². The highest BCUT2D eigenvalue weighted by molar-refractivity contribution is 6.33. The van der Waals surface area contributed by atoms with Gasteiger partial charge in [0, 0.05) is 30.7 Å². The van der Waals surface area contributed by atoms with Gasteiger partial charge < -0.3 is 14.8 Å². The quantitative estimate of drug-likeness (QED) is 0.728. The van der Waals surface area contributed by atoms with E-state index in [0.29, 0.717) is 48.6 Å². The molecule has 0 spiro atoms. The van der Waals surface area contributed by atoms with Crippen LogP contribution in [0.15, 0.2) is 24.7 Å². The summed E-state index contributed by atoms with van der Waals surface area (Å²) in [5.74, 6) is 1.02. The second-order valence-corrected chi connectivity index (χ2v) is 8.85. The van der Waals surface area contributed by atoms with Crippen molar-refractivity contribution in [2.24, 2.45) is 11.3 Å². The normalized spacial score (nSPS) is 21.1. The molecule has 2 aliphatic rings. The van der Waals surface area contributed by atoms with Crippen molar-refractivity contribution in [3.63, 3.8) is 0 Å². The fourth-order valence-corrected chi connectivity index (χ4v) is 4.39. The lowest BCUT2D eigenvalue weighted by Gasteiger charge is -2.29. The number of nitriles is 1. The Kier molecular flexibility index (Phi) is 7.33. The number of rotatable bonds is 6. The van der Waals surface area contributed by atoms with E-state index in [1.165, 1.54) is 12.8 Å². The summed E-state index contributed by atoms with van der Waals surface area (Å²) < 4.78 is 11.3. The summed E-state index contributed by atoms with van der Waals surface area (Å²) in [6.07, 6.45) is 10.8. The number of hydrogen-bond acceptors (Lipinski definition) is 7. The molecule has 2 saturated heterocycles. The third-order valence-electron chi connectivity index (χ3n) is 6.18. The molecule has 1 atom stereocenters. The molecule has 0 amide bonds. The Bertz CT molecular complexity index is 918. The molecule has 8 heteroatoms. The van der Waals surface area contributed by atoms with Crippen LogP contribution in [0.1, 0.15) is 37.8 Å². The summed E-state index contributed by atoms with van der Waals surface area (Å²) in [5, 5.41) is 13.6. The van der Waals surface area contributed by atoms with Crippen LogP contribution in [-0.4, -0.2) is 47.9 Å². The highest BCUT2D eigenvalue weighted by Gasteiger charge is 2.34. The monoisotopic (exact) mass is 441 g/mol. The van der Waals surface area contributed by atoms with Crippen LogP contribution in [0.2, 0.25) is 5.02 Å². The number of nitrogens with zero attached hydrogens (tertiary/aromatic N) is 4. The predicted octanol–water partition coefficient (Wildman–Crippen LogP) is 3.82. The highest BCUT2D eigenvalue weighted by atomic mass is 35.5. The molecule has 0 saturated carbocycles. The first-order valence-corrected chi connectivity index (χ1v) is 11.3. The smallest absolute Gasteiger partial charge is 0.232 e. The average Bonchev–Trinajstić information content (AvgIpc) is 3.08. The van der Waals surface area contributed by atoms with E-state index >= 15 is 0 Å². The molecule has 0 radical (unpaired) electrons. The van der Waals surface area contributed by atoms with Crippen molar-refractivity contribution >= 4 is 11.6 Å². The zero-order valence-corrected chi connectivity index (χ0v) is 18.4. The number of nitrogens with one attached hydrogen (secondary N) is 1. The van der Waals surface area contributed by atoms with E-state index in [1.54, 1.807) is 18.6 Å². The fraction of sp³-hybridized carbons (Fsp3) is 0.565. The van der Waals surface area contributed by atoms with Gasteiger partial charge in [-0.1, -0.05) is 11.6 Å². The number of aromatic nitrogens is 3. The van der Waals surface area contributed by atoms with Crippen LogP contribution in [0, 0.1) is 22.7 Å². The molecule has 0 bridgehead atoms. The molecule has 1 N–H and O–H groups in total. The van der Waals surface area contributed by atoms with Crippen molar-refractivity contribution in [2.45, 2.75) is 38.5 Å². The largest absolute Gasteiger partial charge is 0.475 e. The topological polar surface area (TPSA) is 93.0 Å². The Labute approximate surface area is 188 Å². The van der Waals surface area contributed by atoms with Gasteiger partial charge in [0.25, 0.3) is 0 Å². The minimum absolute atomic E-state index is 0.274. The first-order chi connectivity index (χ1) is 15.2. The van der Waals surface area contributed by atoms with E-state index in [-0.39, 0.29) is 6.61 Å². The Morgan fingerprint density at radius 1 is 1.23 bits per heavy atom. The number of halogens is 1. The maximum Gasteiger partial charge on any atom is 0.232 e. The van der Waals surface area contributed by atoms with Gasteiger partial charge in [0.1, 0.15) is 6.61 Å². The van der Waals surface area contributed by atoms with E-state index in [9.17, 15) is 5.26 Å². The summed E-state index contributed by atoms with van der Waals surface area (Å²) >= 11 is 6.46. The molecule has 4 rings (SSSR count). The number of hydrogen-bond donors (Lipinski definition) is 1. The molecule has 1 unspecified atom stereocenters. The Morgan fingerprint density at radius 3 is 2.94 bits per heavy atom. The number of ether oxygens (including phenoxy) is 2. The molecule has 0 aromatic carbocycles. The van der Waals surface area contributed by atoms with Gasteiger partial charge >= 0.3 is 0 Å². The lowest BCUT2D eigenvalue weighted by molar-refractivity contribution is 0.0182. The van der Waals surface area contributed by atoms with Crippen molar-refractivity contribution in [1.82, 2.24) is 20.3 Å². The van der Waals surface area contributed by atoms with Gasteiger partial charge in [-0.25, -0.2) is 4.98 Å². The summed E-state index contributed by atoms with van der Waals surface area (Å²) in [7, 11) is 0. The molecule has 0 aliphatic carbocycles. The molecule has 31 heavy (non-hydrogen) atoms. The first-order valence-electron chi connectivity index (χ1n) is 11.0. The summed E-state index contributed by atoms with van der Waals surface area (Å²) in [5.41, 5.74) is 1.93. The molecule has 4 heterocycles. The first kappa shape index (κ1) is 21.9. The molecular formula is C23H28ClN5O2. The lowest BCUT2D eigenvalue weighted by Crippen LogP contribution is -2.34. The zero-order chi connectivity index (χ0) is 21.5. The molecule has 7 nitrogen and oxygen atoms in total. The second kappa shape index (κ2) is 10.4. The number of pyridine rings is 1. The third kappa shape index (κ3) is 5.70. The van der Waals surface area contributed by atoms with Crippen LogP contribution < -0.4 is 10.1 Å². The van der Waals surface area contributed by atoms with E-state index in [4.69, 9.17) is 21.1 Å². The van der Waals surface area contributed by atoms with E-state index in [1.807, 2.05) is 6.07 Å². The van der Waals surface area contributed by atoms with Gasteiger partial charge in [-0.3, -0.25) is 9.97 Å². The SMILES string of the molecule is N#CC1(COc2cncc(-c3cc(CC4CCCNCC4)ncc3Cl)n2)CCOCC1. The van der Waals surface area contributed by atoms with Crippen molar-refractivity contribution in [3.8, 4) is 23.2 Å². The molecule has 2 fully saturated rings. The van der Waals surface area contributed by atoms with Gasteiger partial charge in [-0.15, -0.1) is 0 Å². The summed E-state index contributed by atoms with van der Waals surface area (Å²) in [6.45, 7) is 3.59. The van der Waals surface area contributed by atoms with Crippen molar-refractivity contribution in [3.05, 3.63) is 35.4 Å². The maximum atomic E-state index is 9.62. The highest BCUT2D eigenvalue weighted by Crippen LogP contribution is 2.32. The molecule has 164 valence electrons. The molecule has 2 aromatic rings. The Balaban J connectivity index is 1.48. The standard InChI is InChI=1S/C23H28ClN5O2/c24-20-12-28-18(10-17-2-1-6-26-7-3-17)11-19(20)21-13-27-14-22(29-21)31-16-23(15-25)4-8-30-9-5-23/h11-14,17,26H,1-10,16H2. The lowest BCUT2D eigenvalue weighted by atomic mass is 9.83. The molecular weight excluding hydrogens is 414 g/mol. The van der Waals surface area contributed by atoms with Crippen LogP contribution in [0.5, 0.6) is 5.88 Å². The zero-order valence-electron chi connectivity index (χ0n) is 17.6. The Morgan fingerprint density at radius 2 is 2.10 bits per heavy atom. The van der Waals surface area contributed by atoms with Gasteiger partial charge in [-0.2, -0.15) is 5.26 Å². The van der Waals surface area contributed by atoms with E-state index in [0.717, 1.165) is 37.2 Å². The van der Waals surface area contributed by atoms with Gasteiger partial charge in [0.2, 0.25) is 5.88 Å². The van der Waals surface area contributed by atoms with Crippen LogP contribution >= 0.6 is 11.6 Å². The summed E-state index contributed by atoms with van der Waals surface area (Å²) in [6, 6.07) is 4.42. The molecule has 2 aliphatic heterocycles. The van der Waals surface area contributed by atoms with Crippen LogP contribution in [0.4, 0.5) is 0 Å². The van der Waals surface area contributed by atoms with Crippen molar-refractivity contribution in [1.29, 1.82) is 5.26 Å². The van der Waals surface area contributed by atoms with Gasteiger partial charge in [0.05, 0.1) is 34.6 Å². The maximum absolute atomic E-state index is 9.62. The summed E-state index contributed by atoms with van der Waals surface area (Å²) in [4.78, 5) is 13.4. The second-order valence-electron chi connectivity index (χ2n) is 8.44. The van der Waals surface area contributed by atoms with Crippen LogP contribution in [0.25, 0.3) is 11.3 Å². The van der Waals surface area contributed by atoms with Crippen LogP contribution in [0.3, 0.4) is 0 Å². The van der Waals surface area contributed by atoms with Gasteiger partial charge in [-0.05, 0) is 63.6 Å². The van der Waals surface area contributed by atoms with E-state index in [2.05, 4.69) is 26.3 Å². The third-order valence-corrected chi connectivity index (χ3v) is 6.48. The fourth-order valence-electron chi connectivity index (χ4n) is 4.19. The van der Waals surface area contributed by atoms with Crippen LogP contribution in [-0.2, 0) is 11.2 Å².